The lowest BCUT2D eigenvalue weighted by Gasteiger charge is -2.29. The third-order valence-corrected chi connectivity index (χ3v) is 10.4. The van der Waals surface area contributed by atoms with Crippen LogP contribution in [-0.4, -0.2) is 154 Å². The molecule has 2 saturated heterocycles. The lowest BCUT2D eigenvalue weighted by atomic mass is 10.0. The number of hydrogen-bond donors (Lipinski definition) is 8. The number of aliphatic carboxylic acids is 2. The molecule has 8 N–H and O–H groups in total. The number of nitrogens with zero attached hydrogens (tertiary/aromatic N) is 2. The van der Waals surface area contributed by atoms with E-state index in [-0.39, 0.29) is 48.7 Å². The van der Waals surface area contributed by atoms with Crippen LogP contribution in [0.4, 0.5) is 0 Å². The van der Waals surface area contributed by atoms with Crippen molar-refractivity contribution >= 4 is 23.8 Å². The van der Waals surface area contributed by atoms with Crippen molar-refractivity contribution in [3.05, 3.63) is 47.5 Å². The number of aliphatic hydroxyl groups is 4. The number of nitrogens with one attached hydrogen (secondary N) is 2. The molecule has 4 aliphatic heterocycles. The van der Waals surface area contributed by atoms with Gasteiger partial charge in [-0.1, -0.05) is 77.3 Å². The Morgan fingerprint density at radius 3 is 1.24 bits per heavy atom. The smallest absolute Gasteiger partial charge is 0.335 e. The number of carbonyl (C=O) groups is 4. The van der Waals surface area contributed by atoms with Crippen molar-refractivity contribution in [2.45, 2.75) is 153 Å². The van der Waals surface area contributed by atoms with Gasteiger partial charge in [-0.05, 0) is 99.7 Å². The Morgan fingerprint density at radius 1 is 0.559 bits per heavy atom. The summed E-state index contributed by atoms with van der Waals surface area (Å²) in [5.41, 5.74) is -0.109. The first-order valence-corrected chi connectivity index (χ1v) is 22.7. The predicted molar refractivity (Wildman–Crippen MR) is 254 cm³/mol. The van der Waals surface area contributed by atoms with Crippen molar-refractivity contribution < 1.29 is 93.4 Å². The molecule has 0 spiro atoms. The highest BCUT2D eigenvalue weighted by Crippen LogP contribution is 2.35. The van der Waals surface area contributed by atoms with Crippen LogP contribution in [0.25, 0.3) is 0 Å². The fraction of sp³-hybridized carbons (Fsp3) is 0.680. The second kappa shape index (κ2) is 30.7. The Morgan fingerprint density at radius 2 is 0.897 bits per heavy atom. The van der Waals surface area contributed by atoms with Crippen LogP contribution in [0, 0.1) is 0 Å². The van der Waals surface area contributed by atoms with Gasteiger partial charge in [-0.2, -0.15) is 0 Å². The van der Waals surface area contributed by atoms with Crippen LogP contribution < -0.4 is 29.6 Å². The van der Waals surface area contributed by atoms with Crippen molar-refractivity contribution in [1.29, 1.82) is 0 Å². The summed E-state index contributed by atoms with van der Waals surface area (Å²) in [6.07, 6.45) is -14.3. The minimum absolute atomic E-state index is 0.0543. The average molecular weight is 977 g/mol. The molecule has 0 aromatic heterocycles. The Kier molecular flexibility index (Phi) is 15.6. The van der Waals surface area contributed by atoms with Crippen LogP contribution >= 0.6 is 0 Å². The van der Waals surface area contributed by atoms with E-state index in [1.165, 1.54) is 36.4 Å². The van der Waals surface area contributed by atoms with E-state index in [1.54, 1.807) is 0 Å². The molecule has 0 saturated carbocycles. The third kappa shape index (κ3) is 19.3. The van der Waals surface area contributed by atoms with Crippen molar-refractivity contribution in [3.63, 3.8) is 0 Å². The zero-order chi connectivity index (χ0) is 65.5. The summed E-state index contributed by atoms with van der Waals surface area (Å²) in [5.74, 6) is -3.37. The molecule has 18 nitrogen and oxygen atoms in total. The molecule has 6 atom stereocenters. The van der Waals surface area contributed by atoms with Gasteiger partial charge in [-0.3, -0.25) is 9.59 Å². The monoisotopic (exact) mass is 977 g/mol. The largest absolute Gasteiger partial charge is 0.486 e. The van der Waals surface area contributed by atoms with Gasteiger partial charge in [-0.15, -0.1) is 0 Å². The number of benzene rings is 2. The van der Waals surface area contributed by atoms with Gasteiger partial charge in [0, 0.05) is 47.9 Å². The fourth-order valence-corrected chi connectivity index (χ4v) is 6.78. The summed E-state index contributed by atoms with van der Waals surface area (Å²) >= 11 is 0. The first-order chi connectivity index (χ1) is 39.5. The zero-order valence-corrected chi connectivity index (χ0v) is 38.3. The number of hydrogen-bond acceptors (Lipinski definition) is 14. The third-order valence-electron chi connectivity index (χ3n) is 10.4. The molecule has 4 aliphatic rings. The molecule has 0 aliphatic carbocycles. The topological polar surface area (TPSA) is 257 Å². The quantitative estimate of drug-likeness (QED) is 0.0625. The Labute approximate surface area is 426 Å². The number of fused-ring (bicyclic) bond motifs is 2. The molecule has 18 heteroatoms. The highest BCUT2D eigenvalue weighted by atomic mass is 16.6. The zero-order valence-electron chi connectivity index (χ0n) is 56.3. The second-order valence-corrected chi connectivity index (χ2v) is 15.8. The normalized spacial score (nSPS) is 28.8. The maximum atomic E-state index is 12.8. The van der Waals surface area contributed by atoms with Crippen LogP contribution in [0.5, 0.6) is 23.0 Å². The van der Waals surface area contributed by atoms with Crippen LogP contribution in [0.1, 0.15) is 164 Å². The maximum Gasteiger partial charge on any atom is 0.335 e. The first kappa shape index (κ1) is 34.6. The van der Waals surface area contributed by atoms with Crippen LogP contribution in [0.15, 0.2) is 36.4 Å². The number of ether oxygens (including phenoxy) is 4. The number of carbonyl (C=O) groups excluding carboxylic acids is 2. The number of carboxylic acids is 2. The van der Waals surface area contributed by atoms with E-state index in [9.17, 15) is 29.4 Å². The molecule has 6 rings (SSSR count). The molecule has 0 radical (unpaired) electrons. The van der Waals surface area contributed by atoms with Crippen LogP contribution in [0.3, 0.4) is 0 Å². The summed E-state index contributed by atoms with van der Waals surface area (Å²) in [7, 11) is 0. The summed E-state index contributed by atoms with van der Waals surface area (Å²) in [5, 5.41) is 60.3. The van der Waals surface area contributed by atoms with Crippen molar-refractivity contribution in [2.75, 3.05) is 65.5 Å². The average Bonchev–Trinajstić information content (AvgIpc) is 1.54. The van der Waals surface area contributed by atoms with Gasteiger partial charge in [0.1, 0.15) is 38.6 Å². The number of carboxylic acid groups (broad SMARTS) is 2. The minimum Gasteiger partial charge on any atom is -0.486 e. The molecule has 382 valence electrons. The number of unbranched alkanes of at least 4 members (excludes halogenated alkanes) is 8. The van der Waals surface area contributed by atoms with Crippen molar-refractivity contribution in [2.24, 2.45) is 0 Å². The number of aliphatic hydroxyl groups excluding tert-OH is 2. The number of likely N-dealkylation sites (tertiary alicyclic amines) is 2. The molecule has 4 heterocycles. The molecule has 0 bridgehead atoms. The molecule has 2 aromatic carbocycles. The van der Waals surface area contributed by atoms with E-state index in [0.29, 0.717) is 47.4 Å². The van der Waals surface area contributed by atoms with E-state index >= 15 is 0 Å². The summed E-state index contributed by atoms with van der Waals surface area (Å²) < 4.78 is 170. The van der Waals surface area contributed by atoms with E-state index in [2.05, 4.69) is 24.5 Å². The molecule has 2 amide bonds. The predicted octanol–water partition coefficient (Wildman–Crippen LogP) is 4.74. The Hall–Kier alpha value is -4.72. The van der Waals surface area contributed by atoms with Crippen molar-refractivity contribution in [3.8, 4) is 23.0 Å². The van der Waals surface area contributed by atoms with Gasteiger partial charge in [-0.25, -0.2) is 9.59 Å². The van der Waals surface area contributed by atoms with Gasteiger partial charge < -0.3 is 70.0 Å². The molecule has 2 aromatic rings. The van der Waals surface area contributed by atoms with Crippen LogP contribution in [0.2, 0.25) is 0 Å². The molecule has 0 unspecified atom stereocenters. The Bertz CT molecular complexity index is 2430. The van der Waals surface area contributed by atoms with Crippen molar-refractivity contribution in [1.82, 2.24) is 20.4 Å². The number of rotatable bonds is 25. The second-order valence-electron chi connectivity index (χ2n) is 15.8. The number of amides is 2. The SMILES string of the molecule is O=C(O)[C@H](O)[C@@H](O)C(=O)O.[2H]C1([2H])N(C[C@@H](NC(=O)CCCCCCC)[C@]([2H])(O)c2ccc3c(c2)OCCO3)C([2H])([2H])C([2H])([2H])C1([2H])[2H].[2H]C1([2H])N(C[C@@H](NC(=O)CCCCCCC)[C@]([2H])(O)c2ccc3c(c2)OCCO3)C([2H])([2H])C([2H])([2H])C1([2H])[2H]. The van der Waals surface area contributed by atoms with Crippen LogP contribution in [-0.2, 0) is 19.2 Å². The minimum atomic E-state index is -3.28. The highest BCUT2D eigenvalue weighted by molar-refractivity contribution is 5.83. The molecule has 2 fully saturated rings. The van der Waals surface area contributed by atoms with E-state index in [1.807, 2.05) is 0 Å². The lowest BCUT2D eigenvalue weighted by molar-refractivity contribution is -0.165. The van der Waals surface area contributed by atoms with E-state index < -0.39 is 125 Å². The standard InChI is InChI=1S/2C23H36N2O4.C4H6O6/c2*1-2-3-4-5-6-9-22(26)24-19(17-25-12-7-8-13-25)23(27)18-10-11-20-21(16-18)29-15-14-28-20;5-1(3(7)8)2(6)4(9)10/h2*10-11,16,19,23,27H,2-9,12-15,17H2,1H3,(H,24,26);1-2,5-6H,(H,7,8)(H,9,10)/t2*19-,23-;1-,2-/m111/s1/i2*7D2,8D2,12D2,13D2,23D;. The first-order valence-electron chi connectivity index (χ1n) is 31.7. The molecular formula is C50H78N4O14. The van der Waals surface area contributed by atoms with Gasteiger partial charge in [0.2, 0.25) is 11.8 Å². The highest BCUT2D eigenvalue weighted by Gasteiger charge is 2.31. The molecular weight excluding hydrogens is 881 g/mol. The Balaban J connectivity index is 0.000000318. The van der Waals surface area contributed by atoms with Gasteiger partial charge >= 0.3 is 11.9 Å². The van der Waals surface area contributed by atoms with Gasteiger partial charge in [0.05, 0.1) is 14.8 Å². The maximum absolute atomic E-state index is 12.8. The summed E-state index contributed by atoms with van der Waals surface area (Å²) in [6, 6.07) is 5.05. The lowest BCUT2D eigenvalue weighted by Crippen LogP contribution is -2.46. The summed E-state index contributed by atoms with van der Waals surface area (Å²) in [4.78, 5) is 45.8. The fourth-order valence-electron chi connectivity index (χ4n) is 6.78. The summed E-state index contributed by atoms with van der Waals surface area (Å²) in [6.45, 7) is -9.25. The van der Waals surface area contributed by atoms with Gasteiger partial charge in [0.25, 0.3) is 0 Å². The van der Waals surface area contributed by atoms with Gasteiger partial charge in [0.15, 0.2) is 35.2 Å². The molecule has 68 heavy (non-hydrogen) atoms. The van der Waals surface area contributed by atoms with E-state index in [4.69, 9.17) is 64.0 Å². The van der Waals surface area contributed by atoms with E-state index in [0.717, 1.165) is 51.4 Å².